The van der Waals surface area contributed by atoms with E-state index >= 15 is 0 Å². The van der Waals surface area contributed by atoms with Crippen LogP contribution in [0.5, 0.6) is 0 Å². The minimum absolute atomic E-state index is 0.0220. The summed E-state index contributed by atoms with van der Waals surface area (Å²) in [5, 5.41) is 3.06. The van der Waals surface area contributed by atoms with Gasteiger partial charge in [-0.1, -0.05) is 32.8 Å². The largest absolute Gasteiger partial charge is 0.398 e. The van der Waals surface area contributed by atoms with Gasteiger partial charge in [0.1, 0.15) is 0 Å². The lowest BCUT2D eigenvalue weighted by atomic mass is 10.0. The van der Waals surface area contributed by atoms with Crippen LogP contribution in [0.25, 0.3) is 0 Å². The third-order valence-corrected chi connectivity index (χ3v) is 3.65. The molecule has 1 unspecified atom stereocenters. The highest BCUT2D eigenvalue weighted by molar-refractivity contribution is 5.96. The van der Waals surface area contributed by atoms with Crippen molar-refractivity contribution in [3.8, 4) is 0 Å². The molecular formula is C17H28N2O. The van der Waals surface area contributed by atoms with E-state index in [1.54, 1.807) is 6.07 Å². The van der Waals surface area contributed by atoms with Crippen molar-refractivity contribution in [3.05, 3.63) is 28.8 Å². The van der Waals surface area contributed by atoms with Crippen LogP contribution in [0, 0.1) is 19.8 Å². The maximum Gasteiger partial charge on any atom is 0.251 e. The number of anilines is 1. The first kappa shape index (κ1) is 16.5. The zero-order chi connectivity index (χ0) is 15.3. The molecule has 1 atom stereocenters. The molecule has 0 aliphatic rings. The molecule has 0 saturated heterocycles. The summed E-state index contributed by atoms with van der Waals surface area (Å²) in [5.74, 6) is 0.697. The summed E-state index contributed by atoms with van der Waals surface area (Å²) in [7, 11) is 0. The summed E-state index contributed by atoms with van der Waals surface area (Å²) in [6.07, 6.45) is 3.37. The second-order valence-electron chi connectivity index (χ2n) is 6.22. The molecule has 3 N–H and O–H groups in total. The van der Waals surface area contributed by atoms with Crippen molar-refractivity contribution >= 4 is 11.6 Å². The Bertz CT molecular complexity index is 466. The maximum atomic E-state index is 12.3. The van der Waals surface area contributed by atoms with Gasteiger partial charge in [0.05, 0.1) is 0 Å². The van der Waals surface area contributed by atoms with Gasteiger partial charge in [-0.05, 0) is 50.3 Å². The lowest BCUT2D eigenvalue weighted by Crippen LogP contribution is -2.33. The molecule has 0 aromatic heterocycles. The molecule has 20 heavy (non-hydrogen) atoms. The Morgan fingerprint density at radius 2 is 1.80 bits per heavy atom. The zero-order valence-electron chi connectivity index (χ0n) is 13.4. The first-order valence-corrected chi connectivity index (χ1v) is 7.48. The van der Waals surface area contributed by atoms with E-state index < -0.39 is 0 Å². The van der Waals surface area contributed by atoms with E-state index in [4.69, 9.17) is 5.73 Å². The van der Waals surface area contributed by atoms with E-state index in [1.165, 1.54) is 6.42 Å². The fourth-order valence-corrected chi connectivity index (χ4v) is 2.32. The second-order valence-corrected chi connectivity index (χ2v) is 6.22. The van der Waals surface area contributed by atoms with Crippen LogP contribution in [0.1, 0.15) is 61.5 Å². The molecule has 1 amide bonds. The molecular weight excluding hydrogens is 248 g/mol. The van der Waals surface area contributed by atoms with E-state index in [1.807, 2.05) is 19.9 Å². The average Bonchev–Trinajstić information content (AvgIpc) is 2.33. The number of benzene rings is 1. The third-order valence-electron chi connectivity index (χ3n) is 3.65. The first-order valence-electron chi connectivity index (χ1n) is 7.48. The monoisotopic (exact) mass is 276 g/mol. The molecule has 1 aromatic carbocycles. The smallest absolute Gasteiger partial charge is 0.251 e. The van der Waals surface area contributed by atoms with Gasteiger partial charge in [-0.15, -0.1) is 0 Å². The van der Waals surface area contributed by atoms with Crippen LogP contribution in [0.2, 0.25) is 0 Å². The average molecular weight is 276 g/mol. The predicted octanol–water partition coefficient (Wildman–Crippen LogP) is 3.83. The van der Waals surface area contributed by atoms with Crippen molar-refractivity contribution in [1.29, 1.82) is 0 Å². The fourth-order valence-electron chi connectivity index (χ4n) is 2.32. The van der Waals surface area contributed by atoms with Crippen LogP contribution in [0.3, 0.4) is 0 Å². The van der Waals surface area contributed by atoms with E-state index in [2.05, 4.69) is 26.1 Å². The molecule has 0 aliphatic heterocycles. The lowest BCUT2D eigenvalue weighted by molar-refractivity contribution is 0.0937. The van der Waals surface area contributed by atoms with Crippen LogP contribution in [-0.4, -0.2) is 11.9 Å². The number of rotatable bonds is 6. The second kappa shape index (κ2) is 7.32. The van der Waals surface area contributed by atoms with Crippen LogP contribution < -0.4 is 11.1 Å². The number of aryl methyl sites for hydroxylation is 2. The summed E-state index contributed by atoms with van der Waals surface area (Å²) in [4.78, 5) is 12.3. The van der Waals surface area contributed by atoms with Gasteiger partial charge < -0.3 is 11.1 Å². The number of hydrogen-bond donors (Lipinski definition) is 2. The van der Waals surface area contributed by atoms with E-state index in [-0.39, 0.29) is 11.9 Å². The summed E-state index contributed by atoms with van der Waals surface area (Å²) in [6, 6.07) is 3.94. The molecule has 0 fully saturated rings. The van der Waals surface area contributed by atoms with Crippen molar-refractivity contribution in [2.24, 2.45) is 5.92 Å². The summed E-state index contributed by atoms with van der Waals surface area (Å²) in [6.45, 7) is 10.4. The highest BCUT2D eigenvalue weighted by Gasteiger charge is 2.13. The topological polar surface area (TPSA) is 55.1 Å². The highest BCUT2D eigenvalue weighted by atomic mass is 16.1. The van der Waals surface area contributed by atoms with E-state index in [9.17, 15) is 4.79 Å². The molecule has 1 rings (SSSR count). The molecule has 112 valence electrons. The molecule has 1 aromatic rings. The predicted molar refractivity (Wildman–Crippen MR) is 85.9 cm³/mol. The molecule has 0 saturated carbocycles. The number of hydrogen-bond acceptors (Lipinski definition) is 2. The molecule has 0 bridgehead atoms. The van der Waals surface area contributed by atoms with Crippen LogP contribution in [-0.2, 0) is 0 Å². The highest BCUT2D eigenvalue weighted by Crippen LogP contribution is 2.18. The van der Waals surface area contributed by atoms with E-state index in [0.717, 1.165) is 29.9 Å². The Morgan fingerprint density at radius 1 is 1.15 bits per heavy atom. The van der Waals surface area contributed by atoms with Gasteiger partial charge in [0, 0.05) is 17.3 Å². The van der Waals surface area contributed by atoms with Crippen molar-refractivity contribution in [3.63, 3.8) is 0 Å². The SMILES string of the molecule is Cc1cc(C)c(C(=O)NC(C)CCCC(C)C)cc1N. The Hall–Kier alpha value is -1.51. The Morgan fingerprint density at radius 3 is 2.40 bits per heavy atom. The summed E-state index contributed by atoms with van der Waals surface area (Å²) < 4.78 is 0. The van der Waals surface area contributed by atoms with Gasteiger partial charge in [-0.3, -0.25) is 4.79 Å². The Balaban J connectivity index is 2.60. The number of amides is 1. The normalized spacial score (nSPS) is 12.5. The van der Waals surface area contributed by atoms with Crippen molar-refractivity contribution in [2.45, 2.75) is 59.9 Å². The van der Waals surface area contributed by atoms with Crippen molar-refractivity contribution < 1.29 is 4.79 Å². The van der Waals surface area contributed by atoms with E-state index in [0.29, 0.717) is 11.3 Å². The lowest BCUT2D eigenvalue weighted by Gasteiger charge is -2.16. The van der Waals surface area contributed by atoms with Gasteiger partial charge in [-0.2, -0.15) is 0 Å². The standard InChI is InChI=1S/C17H28N2O/c1-11(2)7-6-8-14(5)19-17(20)15-10-16(18)13(4)9-12(15)3/h9-11,14H,6-8,18H2,1-5H3,(H,19,20). The summed E-state index contributed by atoms with van der Waals surface area (Å²) >= 11 is 0. The van der Waals surface area contributed by atoms with Gasteiger partial charge in [0.15, 0.2) is 0 Å². The maximum absolute atomic E-state index is 12.3. The van der Waals surface area contributed by atoms with Crippen LogP contribution in [0.15, 0.2) is 12.1 Å². The van der Waals surface area contributed by atoms with Gasteiger partial charge in [0.2, 0.25) is 0 Å². The first-order chi connectivity index (χ1) is 9.31. The Labute approximate surface area is 122 Å². The quantitative estimate of drug-likeness (QED) is 0.776. The fraction of sp³-hybridized carbons (Fsp3) is 0.588. The Kier molecular flexibility index (Phi) is 6.05. The minimum Gasteiger partial charge on any atom is -0.398 e. The summed E-state index contributed by atoms with van der Waals surface area (Å²) in [5.41, 5.74) is 9.24. The van der Waals surface area contributed by atoms with Crippen molar-refractivity contribution in [1.82, 2.24) is 5.32 Å². The number of carbonyl (C=O) groups excluding carboxylic acids is 1. The number of nitrogen functional groups attached to an aromatic ring is 1. The molecule has 0 aliphatic carbocycles. The molecule has 0 spiro atoms. The van der Waals surface area contributed by atoms with Gasteiger partial charge in [0.25, 0.3) is 5.91 Å². The molecule has 0 heterocycles. The molecule has 3 nitrogen and oxygen atoms in total. The number of carbonyl (C=O) groups is 1. The van der Waals surface area contributed by atoms with Crippen LogP contribution >= 0.6 is 0 Å². The van der Waals surface area contributed by atoms with Crippen LogP contribution in [0.4, 0.5) is 5.69 Å². The number of nitrogens with one attached hydrogen (secondary N) is 1. The van der Waals surface area contributed by atoms with Crippen molar-refractivity contribution in [2.75, 3.05) is 5.73 Å². The van der Waals surface area contributed by atoms with Gasteiger partial charge in [-0.25, -0.2) is 0 Å². The minimum atomic E-state index is -0.0220. The molecule has 0 radical (unpaired) electrons. The number of nitrogens with two attached hydrogens (primary N) is 1. The van der Waals surface area contributed by atoms with Gasteiger partial charge >= 0.3 is 0 Å². The third kappa shape index (κ3) is 4.87. The zero-order valence-corrected chi connectivity index (χ0v) is 13.4. The molecule has 3 heteroatoms.